The van der Waals surface area contributed by atoms with Crippen LogP contribution in [0.1, 0.15) is 34.5 Å². The van der Waals surface area contributed by atoms with E-state index in [9.17, 15) is 4.79 Å². The molecular formula is C22H25N5O. The first kappa shape index (κ1) is 18.4. The molecule has 0 spiro atoms. The van der Waals surface area contributed by atoms with E-state index in [0.717, 1.165) is 43.7 Å². The minimum atomic E-state index is -0.0981. The molecule has 1 aliphatic heterocycles. The minimum Gasteiger partial charge on any atom is -0.347 e. The number of H-pyrrole nitrogens is 1. The van der Waals surface area contributed by atoms with Crippen LogP contribution in [0.3, 0.4) is 0 Å². The first-order valence-electron chi connectivity index (χ1n) is 9.72. The number of carbonyl (C=O) groups is 1. The van der Waals surface area contributed by atoms with E-state index >= 15 is 0 Å². The molecule has 1 amide bonds. The molecule has 144 valence electrons. The number of aromatic nitrogens is 3. The van der Waals surface area contributed by atoms with Gasteiger partial charge in [0.15, 0.2) is 0 Å². The van der Waals surface area contributed by atoms with Crippen LogP contribution in [0.2, 0.25) is 0 Å². The van der Waals surface area contributed by atoms with Gasteiger partial charge in [0.25, 0.3) is 5.91 Å². The fourth-order valence-electron chi connectivity index (χ4n) is 3.64. The van der Waals surface area contributed by atoms with Gasteiger partial charge in [0, 0.05) is 37.1 Å². The standard InChI is InChI=1S/C22H25N5O/c1-16-6-8-18(9-7-16)20-12-21(26-25-20)22(28)24-19-5-3-11-27(15-19)14-17-4-2-10-23-13-17/h2,4,6-10,12-13,19H,3,5,11,14-15H2,1H3,(H,24,28)(H,25,26)/t19-/m0/s1. The molecule has 1 aromatic carbocycles. The largest absolute Gasteiger partial charge is 0.347 e. The zero-order chi connectivity index (χ0) is 19.3. The number of rotatable bonds is 5. The van der Waals surface area contributed by atoms with Gasteiger partial charge >= 0.3 is 0 Å². The summed E-state index contributed by atoms with van der Waals surface area (Å²) in [5.41, 5.74) is 4.68. The Kier molecular flexibility index (Phi) is 5.48. The average Bonchev–Trinajstić information content (AvgIpc) is 3.20. The predicted octanol–water partition coefficient (Wildman–Crippen LogP) is 3.17. The summed E-state index contributed by atoms with van der Waals surface area (Å²) in [4.78, 5) is 19.2. The highest BCUT2D eigenvalue weighted by atomic mass is 16.2. The van der Waals surface area contributed by atoms with Gasteiger partial charge in [-0.2, -0.15) is 5.10 Å². The van der Waals surface area contributed by atoms with E-state index in [4.69, 9.17) is 0 Å². The van der Waals surface area contributed by atoms with Crippen LogP contribution in [0.4, 0.5) is 0 Å². The number of hydrogen-bond donors (Lipinski definition) is 2. The van der Waals surface area contributed by atoms with Crippen molar-refractivity contribution in [2.45, 2.75) is 32.4 Å². The Balaban J connectivity index is 1.36. The maximum Gasteiger partial charge on any atom is 0.269 e. The fraction of sp³-hybridized carbons (Fsp3) is 0.318. The third-order valence-corrected chi connectivity index (χ3v) is 5.14. The van der Waals surface area contributed by atoms with E-state index < -0.39 is 0 Å². The summed E-state index contributed by atoms with van der Waals surface area (Å²) in [5.74, 6) is -0.0981. The second kappa shape index (κ2) is 8.35. The van der Waals surface area contributed by atoms with Crippen LogP contribution in [0, 0.1) is 6.92 Å². The number of aromatic amines is 1. The molecule has 2 aromatic heterocycles. The van der Waals surface area contributed by atoms with Crippen molar-refractivity contribution in [2.75, 3.05) is 13.1 Å². The molecule has 6 nitrogen and oxygen atoms in total. The Labute approximate surface area is 165 Å². The zero-order valence-electron chi connectivity index (χ0n) is 16.1. The van der Waals surface area contributed by atoms with E-state index in [1.807, 2.05) is 42.6 Å². The van der Waals surface area contributed by atoms with Crippen LogP contribution >= 0.6 is 0 Å². The average molecular weight is 375 g/mol. The number of amides is 1. The summed E-state index contributed by atoms with van der Waals surface area (Å²) in [6.45, 7) is 4.80. The van der Waals surface area contributed by atoms with Gasteiger partial charge in [-0.05, 0) is 44.0 Å². The number of aryl methyl sites for hydroxylation is 1. The molecule has 0 saturated carbocycles. The van der Waals surface area contributed by atoms with Crippen LogP contribution in [0.15, 0.2) is 54.9 Å². The minimum absolute atomic E-state index is 0.0981. The first-order valence-corrected chi connectivity index (χ1v) is 9.72. The van der Waals surface area contributed by atoms with Gasteiger partial charge < -0.3 is 5.32 Å². The summed E-state index contributed by atoms with van der Waals surface area (Å²) in [6.07, 6.45) is 5.76. The van der Waals surface area contributed by atoms with Gasteiger partial charge in [0.05, 0.1) is 5.69 Å². The zero-order valence-corrected chi connectivity index (χ0v) is 16.1. The molecule has 0 radical (unpaired) electrons. The lowest BCUT2D eigenvalue weighted by atomic mass is 10.0. The molecule has 28 heavy (non-hydrogen) atoms. The van der Waals surface area contributed by atoms with E-state index in [0.29, 0.717) is 5.69 Å². The molecule has 0 unspecified atom stereocenters. The number of benzene rings is 1. The van der Waals surface area contributed by atoms with Crippen molar-refractivity contribution in [3.05, 3.63) is 71.7 Å². The number of carbonyl (C=O) groups excluding carboxylic acids is 1. The maximum absolute atomic E-state index is 12.7. The maximum atomic E-state index is 12.7. The number of hydrogen-bond acceptors (Lipinski definition) is 4. The highest BCUT2D eigenvalue weighted by molar-refractivity contribution is 5.93. The van der Waals surface area contributed by atoms with E-state index in [1.165, 1.54) is 11.1 Å². The molecule has 1 atom stereocenters. The predicted molar refractivity (Wildman–Crippen MR) is 109 cm³/mol. The number of likely N-dealkylation sites (tertiary alicyclic amines) is 1. The van der Waals surface area contributed by atoms with Crippen LogP contribution in [0.25, 0.3) is 11.3 Å². The summed E-state index contributed by atoms with van der Waals surface area (Å²) < 4.78 is 0. The van der Waals surface area contributed by atoms with Crippen LogP contribution < -0.4 is 5.32 Å². The second-order valence-corrected chi connectivity index (χ2v) is 7.44. The topological polar surface area (TPSA) is 73.9 Å². The molecule has 3 heterocycles. The lowest BCUT2D eigenvalue weighted by Crippen LogP contribution is -2.47. The lowest BCUT2D eigenvalue weighted by Gasteiger charge is -2.33. The Morgan fingerprint density at radius 3 is 2.93 bits per heavy atom. The highest BCUT2D eigenvalue weighted by Gasteiger charge is 2.22. The summed E-state index contributed by atoms with van der Waals surface area (Å²) in [5, 5.41) is 10.3. The summed E-state index contributed by atoms with van der Waals surface area (Å²) in [7, 11) is 0. The molecule has 1 aliphatic rings. The van der Waals surface area contributed by atoms with Crippen LogP contribution in [-0.2, 0) is 6.54 Å². The van der Waals surface area contributed by atoms with Gasteiger partial charge in [-0.15, -0.1) is 0 Å². The summed E-state index contributed by atoms with van der Waals surface area (Å²) in [6, 6.07) is 14.1. The molecule has 0 aliphatic carbocycles. The highest BCUT2D eigenvalue weighted by Crippen LogP contribution is 2.19. The quantitative estimate of drug-likeness (QED) is 0.718. The third kappa shape index (κ3) is 4.46. The number of nitrogens with one attached hydrogen (secondary N) is 2. The molecule has 4 rings (SSSR count). The van der Waals surface area contributed by atoms with Gasteiger partial charge in [0.2, 0.25) is 0 Å². The number of pyridine rings is 1. The van der Waals surface area contributed by atoms with Crippen molar-refractivity contribution in [2.24, 2.45) is 0 Å². The van der Waals surface area contributed by atoms with E-state index in [2.05, 4.69) is 38.4 Å². The third-order valence-electron chi connectivity index (χ3n) is 5.14. The molecule has 2 N–H and O–H groups in total. The van der Waals surface area contributed by atoms with Crippen molar-refractivity contribution in [1.29, 1.82) is 0 Å². The molecule has 1 saturated heterocycles. The molecule has 0 bridgehead atoms. The molecule has 1 fully saturated rings. The van der Waals surface area contributed by atoms with Gasteiger partial charge in [-0.25, -0.2) is 0 Å². The smallest absolute Gasteiger partial charge is 0.269 e. The monoisotopic (exact) mass is 375 g/mol. The Bertz CT molecular complexity index is 920. The van der Waals surface area contributed by atoms with Gasteiger partial charge in [-0.3, -0.25) is 19.8 Å². The second-order valence-electron chi connectivity index (χ2n) is 7.44. The van der Waals surface area contributed by atoms with Crippen molar-refractivity contribution < 1.29 is 4.79 Å². The van der Waals surface area contributed by atoms with Crippen molar-refractivity contribution in [1.82, 2.24) is 25.4 Å². The van der Waals surface area contributed by atoms with Crippen molar-refractivity contribution in [3.63, 3.8) is 0 Å². The van der Waals surface area contributed by atoms with Gasteiger partial charge in [-0.1, -0.05) is 35.9 Å². The Morgan fingerprint density at radius 2 is 2.14 bits per heavy atom. The number of nitrogens with zero attached hydrogens (tertiary/aromatic N) is 3. The van der Waals surface area contributed by atoms with Crippen LogP contribution in [-0.4, -0.2) is 45.1 Å². The molecule has 3 aromatic rings. The summed E-state index contributed by atoms with van der Waals surface area (Å²) >= 11 is 0. The lowest BCUT2D eigenvalue weighted by molar-refractivity contribution is 0.0895. The first-order chi connectivity index (χ1) is 13.7. The Morgan fingerprint density at radius 1 is 1.29 bits per heavy atom. The molecule has 6 heteroatoms. The molecular weight excluding hydrogens is 350 g/mol. The SMILES string of the molecule is Cc1ccc(-c2cc(C(=O)N[C@H]3CCCN(Cc4cccnc4)C3)[nH]n2)cc1. The Hall–Kier alpha value is -2.99. The fourth-order valence-corrected chi connectivity index (χ4v) is 3.64. The normalized spacial score (nSPS) is 17.4. The van der Waals surface area contributed by atoms with Gasteiger partial charge in [0.1, 0.15) is 5.69 Å². The van der Waals surface area contributed by atoms with Crippen LogP contribution in [0.5, 0.6) is 0 Å². The number of piperidine rings is 1. The van der Waals surface area contributed by atoms with E-state index in [1.54, 1.807) is 6.20 Å². The van der Waals surface area contributed by atoms with Crippen molar-refractivity contribution >= 4 is 5.91 Å². The van der Waals surface area contributed by atoms with E-state index in [-0.39, 0.29) is 11.9 Å². The van der Waals surface area contributed by atoms with Crippen molar-refractivity contribution in [3.8, 4) is 11.3 Å².